The molecule has 0 saturated carbocycles. The van der Waals surface area contributed by atoms with E-state index in [4.69, 9.17) is 0 Å². The monoisotopic (exact) mass is 313 g/mol. The van der Waals surface area contributed by atoms with Gasteiger partial charge in [0.15, 0.2) is 0 Å². The van der Waals surface area contributed by atoms with Crippen molar-refractivity contribution in [2.75, 3.05) is 44.6 Å². The van der Waals surface area contributed by atoms with Gasteiger partial charge < -0.3 is 10.7 Å². The number of rotatable bonds is 3. The van der Waals surface area contributed by atoms with Crippen molar-refractivity contribution in [1.82, 2.24) is 20.7 Å². The number of carbonyl (C=O) groups is 1. The van der Waals surface area contributed by atoms with E-state index >= 15 is 0 Å². The van der Waals surface area contributed by atoms with Crippen LogP contribution in [0.1, 0.15) is 6.92 Å². The van der Waals surface area contributed by atoms with Crippen molar-refractivity contribution >= 4 is 11.7 Å². The highest BCUT2D eigenvalue weighted by atomic mass is 16.2. The molecule has 1 aromatic carbocycles. The van der Waals surface area contributed by atoms with Gasteiger partial charge in [-0.15, -0.1) is 0 Å². The lowest BCUT2D eigenvalue weighted by molar-refractivity contribution is 0.148. The van der Waals surface area contributed by atoms with Gasteiger partial charge in [0, 0.05) is 56.1 Å². The first-order chi connectivity index (χ1) is 11.1. The normalized spacial score (nSPS) is 31.7. The largest absolute Gasteiger partial charge is 0.337 e. The molecule has 6 nitrogen and oxygen atoms in total. The van der Waals surface area contributed by atoms with E-state index < -0.39 is 0 Å². The Hall–Kier alpha value is -2.05. The van der Waals surface area contributed by atoms with Crippen molar-refractivity contribution < 1.29 is 4.79 Å². The number of amides is 2. The summed E-state index contributed by atoms with van der Waals surface area (Å²) in [7, 11) is 0. The molecular formula is C17H23N5O. The maximum absolute atomic E-state index is 12.1. The van der Waals surface area contributed by atoms with E-state index in [1.807, 2.05) is 30.3 Å². The van der Waals surface area contributed by atoms with Gasteiger partial charge in [-0.1, -0.05) is 25.1 Å². The number of anilines is 1. The molecule has 4 bridgehead atoms. The summed E-state index contributed by atoms with van der Waals surface area (Å²) >= 11 is 0. The van der Waals surface area contributed by atoms with Crippen LogP contribution in [0.15, 0.2) is 41.6 Å². The van der Waals surface area contributed by atoms with Crippen LogP contribution in [-0.2, 0) is 0 Å². The van der Waals surface area contributed by atoms with E-state index in [1.165, 1.54) is 11.3 Å². The summed E-state index contributed by atoms with van der Waals surface area (Å²) in [6.07, 6.45) is 0. The Bertz CT molecular complexity index is 624. The van der Waals surface area contributed by atoms with E-state index in [9.17, 15) is 4.79 Å². The minimum absolute atomic E-state index is 0.0718. The van der Waals surface area contributed by atoms with Gasteiger partial charge in [-0.05, 0) is 17.7 Å². The van der Waals surface area contributed by atoms with E-state index in [-0.39, 0.29) is 11.4 Å². The second-order valence-electron chi connectivity index (χ2n) is 7.03. The fourth-order valence-corrected chi connectivity index (χ4v) is 4.12. The summed E-state index contributed by atoms with van der Waals surface area (Å²) < 4.78 is 0. The molecule has 1 aromatic rings. The van der Waals surface area contributed by atoms with Gasteiger partial charge in [0.25, 0.3) is 0 Å². The third kappa shape index (κ3) is 2.80. The molecule has 2 saturated heterocycles. The smallest absolute Gasteiger partial charge is 0.307 e. The molecule has 0 radical (unpaired) electrons. The predicted octanol–water partition coefficient (Wildman–Crippen LogP) is 1.22. The van der Waals surface area contributed by atoms with Crippen molar-refractivity contribution in [3.63, 3.8) is 0 Å². The average Bonchev–Trinajstić information content (AvgIpc) is 2.74. The first-order valence-corrected chi connectivity index (χ1v) is 8.18. The number of para-hydroxylation sites is 1. The lowest BCUT2D eigenvalue weighted by Crippen LogP contribution is -2.56. The first kappa shape index (κ1) is 14.5. The summed E-state index contributed by atoms with van der Waals surface area (Å²) in [6.45, 7) is 8.71. The molecule has 23 heavy (non-hydrogen) atoms. The molecule has 4 aliphatic heterocycles. The van der Waals surface area contributed by atoms with Crippen LogP contribution < -0.4 is 16.2 Å². The van der Waals surface area contributed by atoms with Gasteiger partial charge in [0.1, 0.15) is 0 Å². The van der Waals surface area contributed by atoms with Gasteiger partial charge >= 0.3 is 6.03 Å². The Morgan fingerprint density at radius 1 is 1.09 bits per heavy atom. The SMILES string of the molecule is CC12CN3CCN(CC(=C1NNC(=O)Nc1ccccc1)C3)C2. The Labute approximate surface area is 136 Å². The van der Waals surface area contributed by atoms with Crippen molar-refractivity contribution in [1.29, 1.82) is 0 Å². The lowest BCUT2D eigenvalue weighted by Gasteiger charge is -2.46. The number of hydrogen-bond donors (Lipinski definition) is 3. The van der Waals surface area contributed by atoms with Crippen molar-refractivity contribution in [3.05, 3.63) is 41.6 Å². The van der Waals surface area contributed by atoms with Crippen LogP contribution in [-0.4, -0.2) is 55.1 Å². The molecule has 2 amide bonds. The maximum atomic E-state index is 12.1. The number of fused-ring (bicyclic) bond motifs is 1. The molecule has 122 valence electrons. The summed E-state index contributed by atoms with van der Waals surface area (Å²) in [4.78, 5) is 17.1. The van der Waals surface area contributed by atoms with Crippen LogP contribution in [0.3, 0.4) is 0 Å². The first-order valence-electron chi connectivity index (χ1n) is 8.18. The predicted molar refractivity (Wildman–Crippen MR) is 89.7 cm³/mol. The molecule has 0 aromatic heterocycles. The lowest BCUT2D eigenvalue weighted by atomic mass is 9.78. The highest BCUT2D eigenvalue weighted by Crippen LogP contribution is 2.39. The molecule has 3 N–H and O–H groups in total. The van der Waals surface area contributed by atoms with Gasteiger partial charge in [0.2, 0.25) is 0 Å². The number of benzene rings is 1. The van der Waals surface area contributed by atoms with Crippen LogP contribution in [0.5, 0.6) is 0 Å². The number of nitrogens with zero attached hydrogens (tertiary/aromatic N) is 2. The summed E-state index contributed by atoms with van der Waals surface area (Å²) in [5.74, 6) is 0. The highest BCUT2D eigenvalue weighted by molar-refractivity contribution is 5.88. The van der Waals surface area contributed by atoms with Gasteiger partial charge in [-0.2, -0.15) is 0 Å². The van der Waals surface area contributed by atoms with Crippen LogP contribution in [0.2, 0.25) is 0 Å². The summed E-state index contributed by atoms with van der Waals surface area (Å²) in [5.41, 5.74) is 9.49. The topological polar surface area (TPSA) is 59.6 Å². The number of hydrazine groups is 1. The number of hydrogen-bond acceptors (Lipinski definition) is 4. The number of nitrogens with one attached hydrogen (secondary N) is 3. The molecule has 2 unspecified atom stereocenters. The van der Waals surface area contributed by atoms with Crippen LogP contribution in [0, 0.1) is 5.41 Å². The van der Waals surface area contributed by atoms with Gasteiger partial charge in [-0.25, -0.2) is 4.79 Å². The van der Waals surface area contributed by atoms with E-state index in [1.54, 1.807) is 0 Å². The molecule has 2 fully saturated rings. The number of carbonyl (C=O) groups excluding carboxylic acids is 1. The second-order valence-corrected chi connectivity index (χ2v) is 7.03. The third-order valence-electron chi connectivity index (χ3n) is 5.00. The second kappa shape index (κ2) is 5.54. The molecule has 0 aliphatic carbocycles. The van der Waals surface area contributed by atoms with Crippen LogP contribution in [0.4, 0.5) is 10.5 Å². The molecular weight excluding hydrogens is 290 g/mol. The molecule has 0 spiro atoms. The van der Waals surface area contributed by atoms with E-state index in [0.29, 0.717) is 0 Å². The van der Waals surface area contributed by atoms with E-state index in [0.717, 1.165) is 45.0 Å². The van der Waals surface area contributed by atoms with Gasteiger partial charge in [-0.3, -0.25) is 15.2 Å². The van der Waals surface area contributed by atoms with Crippen LogP contribution in [0.25, 0.3) is 0 Å². The minimum atomic E-state index is -0.236. The molecule has 5 rings (SSSR count). The van der Waals surface area contributed by atoms with Gasteiger partial charge in [0.05, 0.1) is 0 Å². The fraction of sp³-hybridized carbons (Fsp3) is 0.471. The molecule has 4 aliphatic rings. The standard InChI is InChI=1S/C17H23N5O/c1-17-11-21-7-8-22(12-17)10-13(9-21)15(17)19-20-16(23)18-14-5-3-2-4-6-14/h2-6,19H,7-12H2,1H3,(H2,18,20,23). The Morgan fingerprint density at radius 2 is 1.74 bits per heavy atom. The minimum Gasteiger partial charge on any atom is -0.307 e. The maximum Gasteiger partial charge on any atom is 0.337 e. The summed E-state index contributed by atoms with van der Waals surface area (Å²) in [5, 5.41) is 2.83. The Kier molecular flexibility index (Phi) is 3.50. The Balaban J connectivity index is 1.44. The zero-order chi connectivity index (χ0) is 15.9. The average molecular weight is 313 g/mol. The van der Waals surface area contributed by atoms with Crippen LogP contribution >= 0.6 is 0 Å². The van der Waals surface area contributed by atoms with Crippen molar-refractivity contribution in [3.8, 4) is 0 Å². The molecule has 2 atom stereocenters. The zero-order valence-electron chi connectivity index (χ0n) is 13.4. The molecule has 4 heterocycles. The fourth-order valence-electron chi connectivity index (χ4n) is 4.12. The van der Waals surface area contributed by atoms with Crippen molar-refractivity contribution in [2.45, 2.75) is 6.92 Å². The zero-order valence-corrected chi connectivity index (χ0v) is 13.4. The summed E-state index contributed by atoms with van der Waals surface area (Å²) in [6, 6.07) is 9.24. The Morgan fingerprint density at radius 3 is 2.35 bits per heavy atom. The quantitative estimate of drug-likeness (QED) is 0.735. The van der Waals surface area contributed by atoms with E-state index in [2.05, 4.69) is 32.9 Å². The van der Waals surface area contributed by atoms with Crippen molar-refractivity contribution in [2.24, 2.45) is 5.41 Å². The third-order valence-corrected chi connectivity index (χ3v) is 5.00. The number of urea groups is 1. The molecule has 6 heteroatoms. The highest BCUT2D eigenvalue weighted by Gasteiger charge is 2.45.